The summed E-state index contributed by atoms with van der Waals surface area (Å²) >= 11 is 1.12. The molecule has 6 rings (SSSR count). The van der Waals surface area contributed by atoms with Crippen LogP contribution in [0.4, 0.5) is 22.0 Å². The van der Waals surface area contributed by atoms with Gasteiger partial charge in [0.2, 0.25) is 5.91 Å². The third-order valence-corrected chi connectivity index (χ3v) is 10.4. The van der Waals surface area contributed by atoms with Gasteiger partial charge < -0.3 is 19.1 Å². The third-order valence-electron chi connectivity index (χ3n) is 9.28. The molecular formula is C40H38F5N3O3S. The SMILES string of the molecule is [2H]C([2H])(CN1CCC(N(Cc2ccc(-c3ccc(C(F)(F)F)cc3)cc2)C(=O)Cn2c(SCc3cccc(F)c3F)cc(=O)c3ccccc32)CC1)OC. The maximum absolute atomic E-state index is 14.6. The number of likely N-dealkylation sites (tertiary alicyclic amines) is 1. The first-order valence-electron chi connectivity index (χ1n) is 17.7. The third kappa shape index (κ3) is 8.74. The van der Waals surface area contributed by atoms with Crippen molar-refractivity contribution in [2.24, 2.45) is 0 Å². The van der Waals surface area contributed by atoms with Crippen LogP contribution in [0.15, 0.2) is 107 Å². The first-order valence-corrected chi connectivity index (χ1v) is 17.7. The maximum Gasteiger partial charge on any atom is 0.416 e. The Morgan fingerprint density at radius 1 is 0.942 bits per heavy atom. The first-order chi connectivity index (χ1) is 25.7. The highest BCUT2D eigenvalue weighted by Gasteiger charge is 2.31. The number of thioether (sulfide) groups is 1. The molecule has 5 aromatic rings. The fraction of sp³-hybridized carbons (Fsp3) is 0.300. The molecular weight excluding hydrogens is 698 g/mol. The van der Waals surface area contributed by atoms with Crippen LogP contribution in [-0.4, -0.2) is 59.6 Å². The number of benzene rings is 4. The molecule has 0 unspecified atom stereocenters. The molecule has 1 aliphatic heterocycles. The normalized spacial score (nSPS) is 15.0. The second-order valence-electron chi connectivity index (χ2n) is 12.6. The summed E-state index contributed by atoms with van der Waals surface area (Å²) in [4.78, 5) is 31.5. The van der Waals surface area contributed by atoms with Gasteiger partial charge in [0.05, 0.1) is 25.4 Å². The second kappa shape index (κ2) is 16.4. The van der Waals surface area contributed by atoms with Crippen molar-refractivity contribution < 1.29 is 34.2 Å². The number of nitrogens with zero attached hydrogens (tertiary/aromatic N) is 3. The fourth-order valence-electron chi connectivity index (χ4n) is 6.44. The molecule has 1 fully saturated rings. The summed E-state index contributed by atoms with van der Waals surface area (Å²) in [6.45, 7) is -0.664. The summed E-state index contributed by atoms with van der Waals surface area (Å²) in [6, 6.07) is 24.2. The molecule has 2 heterocycles. The van der Waals surface area contributed by atoms with Gasteiger partial charge in [0, 0.05) is 62.1 Å². The van der Waals surface area contributed by atoms with E-state index in [1.165, 1.54) is 37.4 Å². The molecule has 0 saturated carbocycles. The molecule has 1 saturated heterocycles. The predicted molar refractivity (Wildman–Crippen MR) is 193 cm³/mol. The topological polar surface area (TPSA) is 54.8 Å². The Hall–Kier alpha value is -4.52. The zero-order valence-electron chi connectivity index (χ0n) is 30.3. The summed E-state index contributed by atoms with van der Waals surface area (Å²) in [6.07, 6.45) is -3.33. The van der Waals surface area contributed by atoms with Crippen molar-refractivity contribution in [3.63, 3.8) is 0 Å². The number of ether oxygens (including phenoxy) is 1. The van der Waals surface area contributed by atoms with Gasteiger partial charge in [-0.2, -0.15) is 13.2 Å². The van der Waals surface area contributed by atoms with Gasteiger partial charge in [0.15, 0.2) is 17.1 Å². The van der Waals surface area contributed by atoms with Crippen molar-refractivity contribution in [1.82, 2.24) is 14.4 Å². The lowest BCUT2D eigenvalue weighted by atomic mass is 10.00. The smallest absolute Gasteiger partial charge is 0.383 e. The number of alkyl halides is 3. The highest BCUT2D eigenvalue weighted by atomic mass is 32.2. The lowest BCUT2D eigenvalue weighted by Gasteiger charge is -2.39. The first kappa shape index (κ1) is 34.6. The summed E-state index contributed by atoms with van der Waals surface area (Å²) < 4.78 is 90.7. The van der Waals surface area contributed by atoms with E-state index in [2.05, 4.69) is 0 Å². The summed E-state index contributed by atoms with van der Waals surface area (Å²) in [5.74, 6) is -2.19. The van der Waals surface area contributed by atoms with Crippen LogP contribution < -0.4 is 5.43 Å². The minimum atomic E-state index is -4.44. The Kier molecular flexibility index (Phi) is 10.9. The molecule has 0 radical (unpaired) electrons. The molecule has 272 valence electrons. The van der Waals surface area contributed by atoms with Crippen LogP contribution in [0.2, 0.25) is 0 Å². The number of methoxy groups -OCH3 is 1. The number of hydrogen-bond donors (Lipinski definition) is 0. The quantitative estimate of drug-likeness (QED) is 0.0952. The Bertz CT molecular complexity index is 2160. The van der Waals surface area contributed by atoms with E-state index in [9.17, 15) is 31.5 Å². The van der Waals surface area contributed by atoms with Crippen LogP contribution in [-0.2, 0) is 34.6 Å². The molecule has 0 atom stereocenters. The summed E-state index contributed by atoms with van der Waals surface area (Å²) in [7, 11) is 1.32. The van der Waals surface area contributed by atoms with Crippen molar-refractivity contribution in [3.05, 3.63) is 136 Å². The number of carbonyl (C=O) groups excluding carboxylic acids is 1. The molecule has 12 heteroatoms. The largest absolute Gasteiger partial charge is 0.416 e. The zero-order chi connectivity index (χ0) is 38.6. The van der Waals surface area contributed by atoms with E-state index in [0.29, 0.717) is 53.0 Å². The van der Waals surface area contributed by atoms with Crippen molar-refractivity contribution in [2.75, 3.05) is 33.3 Å². The van der Waals surface area contributed by atoms with E-state index in [1.54, 1.807) is 45.9 Å². The van der Waals surface area contributed by atoms with Crippen molar-refractivity contribution in [3.8, 4) is 11.1 Å². The number of pyridine rings is 1. The molecule has 0 spiro atoms. The Morgan fingerprint density at radius 3 is 2.29 bits per heavy atom. The second-order valence-corrected chi connectivity index (χ2v) is 13.6. The molecule has 1 aliphatic rings. The van der Waals surface area contributed by atoms with E-state index in [-0.39, 0.29) is 48.3 Å². The van der Waals surface area contributed by atoms with Crippen LogP contribution in [0.25, 0.3) is 22.0 Å². The Morgan fingerprint density at radius 2 is 1.62 bits per heavy atom. The van der Waals surface area contributed by atoms with Gasteiger partial charge in [-0.3, -0.25) is 9.59 Å². The molecule has 0 aliphatic carbocycles. The number of piperidine rings is 1. The Balaban J connectivity index is 1.29. The molecule has 52 heavy (non-hydrogen) atoms. The fourth-order valence-corrected chi connectivity index (χ4v) is 7.48. The number of hydrogen-bond acceptors (Lipinski definition) is 5. The number of fused-ring (bicyclic) bond motifs is 1. The number of aromatic nitrogens is 1. The highest BCUT2D eigenvalue weighted by molar-refractivity contribution is 7.98. The monoisotopic (exact) mass is 737 g/mol. The van der Waals surface area contributed by atoms with Crippen LogP contribution in [0.5, 0.6) is 0 Å². The molecule has 4 aromatic carbocycles. The minimum Gasteiger partial charge on any atom is -0.383 e. The van der Waals surface area contributed by atoms with Gasteiger partial charge in [-0.15, -0.1) is 11.8 Å². The lowest BCUT2D eigenvalue weighted by molar-refractivity contribution is -0.137. The van der Waals surface area contributed by atoms with Gasteiger partial charge in [0.1, 0.15) is 6.54 Å². The highest BCUT2D eigenvalue weighted by Crippen LogP contribution is 2.32. The van der Waals surface area contributed by atoms with Crippen molar-refractivity contribution in [1.29, 1.82) is 0 Å². The number of para-hydroxylation sites is 1. The average molecular weight is 738 g/mol. The maximum atomic E-state index is 14.6. The van der Waals surface area contributed by atoms with Crippen LogP contribution in [0, 0.1) is 11.6 Å². The van der Waals surface area contributed by atoms with E-state index in [1.807, 2.05) is 17.0 Å². The summed E-state index contributed by atoms with van der Waals surface area (Å²) in [5.41, 5.74) is 1.73. The van der Waals surface area contributed by atoms with Crippen molar-refractivity contribution in [2.45, 2.75) is 48.9 Å². The molecule has 0 bridgehead atoms. The van der Waals surface area contributed by atoms with Gasteiger partial charge in [-0.1, -0.05) is 60.7 Å². The lowest BCUT2D eigenvalue weighted by Crippen LogP contribution is -2.48. The molecule has 1 amide bonds. The molecule has 1 aromatic heterocycles. The van der Waals surface area contributed by atoms with Gasteiger partial charge in [-0.05, 0) is 59.9 Å². The van der Waals surface area contributed by atoms with Gasteiger partial charge in [-0.25, -0.2) is 8.78 Å². The molecule has 0 N–H and O–H groups in total. The average Bonchev–Trinajstić information content (AvgIpc) is 3.16. The van der Waals surface area contributed by atoms with Crippen LogP contribution in [0.3, 0.4) is 0 Å². The standard InChI is InChI=1S/C40H38F5N3O3S/c1-51-22-21-46-19-17-32(18-20-46)47(24-27-9-11-28(12-10-27)29-13-15-31(16-14-29)40(43,44)45)37(50)25-48-35-8-3-2-6-33(35)36(49)23-38(48)52-26-30-5-4-7-34(41)39(30)42/h2-16,23,32H,17-22,24-26H2,1H3/i22D2. The van der Waals surface area contributed by atoms with Crippen LogP contribution in [0.1, 0.15) is 32.3 Å². The zero-order valence-corrected chi connectivity index (χ0v) is 29.2. The van der Waals surface area contributed by atoms with E-state index < -0.39 is 29.9 Å². The Labute approximate surface area is 305 Å². The number of rotatable bonds is 12. The van der Waals surface area contributed by atoms with Crippen molar-refractivity contribution >= 4 is 28.6 Å². The molecule has 6 nitrogen and oxygen atoms in total. The number of amides is 1. The van der Waals surface area contributed by atoms with E-state index >= 15 is 0 Å². The van der Waals surface area contributed by atoms with Gasteiger partial charge in [0.25, 0.3) is 0 Å². The predicted octanol–water partition coefficient (Wildman–Crippen LogP) is 8.40. The van der Waals surface area contributed by atoms with Crippen LogP contribution >= 0.6 is 11.8 Å². The minimum absolute atomic E-state index is 0.0119. The summed E-state index contributed by atoms with van der Waals surface area (Å²) in [5, 5.41) is 0.811. The number of carbonyl (C=O) groups is 1. The number of halogens is 5. The van der Waals surface area contributed by atoms with E-state index in [0.717, 1.165) is 35.5 Å². The van der Waals surface area contributed by atoms with Gasteiger partial charge >= 0.3 is 6.18 Å². The van der Waals surface area contributed by atoms with E-state index in [4.69, 9.17) is 7.48 Å².